The van der Waals surface area contributed by atoms with Gasteiger partial charge in [-0.15, -0.1) is 0 Å². The molecule has 1 N–H and O–H groups in total. The first-order valence-electron chi connectivity index (χ1n) is 7.81. The van der Waals surface area contributed by atoms with E-state index < -0.39 is 0 Å². The highest BCUT2D eigenvalue weighted by atomic mass is 35.5. The van der Waals surface area contributed by atoms with Gasteiger partial charge in [0.1, 0.15) is 5.75 Å². The molecular weight excluding hydrogens is 358 g/mol. The summed E-state index contributed by atoms with van der Waals surface area (Å²) in [4.78, 5) is 23.5. The Balaban J connectivity index is 1.84. The van der Waals surface area contributed by atoms with E-state index in [1.807, 2.05) is 18.2 Å². The molecule has 0 aliphatic rings. The van der Waals surface area contributed by atoms with Crippen molar-refractivity contribution >= 4 is 40.7 Å². The van der Waals surface area contributed by atoms with Crippen molar-refractivity contribution in [1.29, 1.82) is 0 Å². The minimum atomic E-state index is -0.0787. The number of ketones is 1. The molecule has 0 radical (unpaired) electrons. The molecule has 0 saturated heterocycles. The van der Waals surface area contributed by atoms with Crippen LogP contribution in [0.4, 0.5) is 5.69 Å². The predicted octanol–water partition coefficient (Wildman–Crippen LogP) is 4.81. The summed E-state index contributed by atoms with van der Waals surface area (Å²) in [7, 11) is 1.61. The first kappa shape index (κ1) is 19.3. The molecule has 2 aromatic rings. The van der Waals surface area contributed by atoms with Crippen molar-refractivity contribution in [2.75, 3.05) is 18.2 Å². The first-order chi connectivity index (χ1) is 12.0. The average molecular weight is 378 g/mol. The van der Waals surface area contributed by atoms with Crippen LogP contribution in [0.2, 0.25) is 5.02 Å². The Morgan fingerprint density at radius 2 is 1.96 bits per heavy atom. The summed E-state index contributed by atoms with van der Waals surface area (Å²) in [6.45, 7) is 1.54. The lowest BCUT2D eigenvalue weighted by molar-refractivity contribution is -0.115. The van der Waals surface area contributed by atoms with Crippen LogP contribution in [0.1, 0.15) is 29.3 Å². The van der Waals surface area contributed by atoms with Gasteiger partial charge in [-0.2, -0.15) is 11.8 Å². The number of para-hydroxylation sites is 1. The molecule has 0 aromatic heterocycles. The number of hydrogen-bond acceptors (Lipinski definition) is 4. The van der Waals surface area contributed by atoms with E-state index >= 15 is 0 Å². The molecule has 0 saturated carbocycles. The van der Waals surface area contributed by atoms with Crippen LogP contribution in [0.15, 0.2) is 42.5 Å². The van der Waals surface area contributed by atoms with Gasteiger partial charge in [0.15, 0.2) is 5.78 Å². The molecule has 0 heterocycles. The van der Waals surface area contributed by atoms with Gasteiger partial charge in [-0.3, -0.25) is 9.59 Å². The van der Waals surface area contributed by atoms with Crippen LogP contribution in [0, 0.1) is 0 Å². The zero-order valence-corrected chi connectivity index (χ0v) is 15.7. The van der Waals surface area contributed by atoms with Gasteiger partial charge in [-0.1, -0.05) is 23.7 Å². The molecule has 2 aromatic carbocycles. The molecule has 0 aliphatic heterocycles. The van der Waals surface area contributed by atoms with Gasteiger partial charge in [0.25, 0.3) is 0 Å². The smallest absolute Gasteiger partial charge is 0.225 e. The lowest BCUT2D eigenvalue weighted by Crippen LogP contribution is -2.12. The molecular formula is C19H20ClNO3S. The summed E-state index contributed by atoms with van der Waals surface area (Å²) >= 11 is 7.64. The molecule has 0 bridgehead atoms. The van der Waals surface area contributed by atoms with E-state index in [9.17, 15) is 9.59 Å². The fraction of sp³-hybridized carbons (Fsp3) is 0.263. The number of halogens is 1. The molecule has 0 aliphatic carbocycles. The SMILES string of the molecule is COc1ccc(C(C)=O)cc1CSCCC(=O)Nc1ccccc1Cl. The number of rotatable bonds is 8. The Morgan fingerprint density at radius 3 is 2.64 bits per heavy atom. The van der Waals surface area contributed by atoms with Crippen molar-refractivity contribution in [3.8, 4) is 5.75 Å². The van der Waals surface area contributed by atoms with Crippen molar-refractivity contribution in [2.45, 2.75) is 19.1 Å². The fourth-order valence-electron chi connectivity index (χ4n) is 2.23. The Hall–Kier alpha value is -1.98. The summed E-state index contributed by atoms with van der Waals surface area (Å²) in [5.74, 6) is 2.02. The quantitative estimate of drug-likeness (QED) is 0.529. The van der Waals surface area contributed by atoms with Crippen LogP contribution in [0.5, 0.6) is 5.75 Å². The number of anilines is 1. The maximum Gasteiger partial charge on any atom is 0.225 e. The van der Waals surface area contributed by atoms with E-state index in [-0.39, 0.29) is 11.7 Å². The van der Waals surface area contributed by atoms with Crippen LogP contribution in [-0.4, -0.2) is 24.6 Å². The van der Waals surface area contributed by atoms with E-state index in [4.69, 9.17) is 16.3 Å². The molecule has 4 nitrogen and oxygen atoms in total. The Kier molecular flexibility index (Phi) is 7.34. The van der Waals surface area contributed by atoms with Gasteiger partial charge in [0.05, 0.1) is 17.8 Å². The fourth-order valence-corrected chi connectivity index (χ4v) is 3.34. The molecule has 132 valence electrons. The van der Waals surface area contributed by atoms with Gasteiger partial charge in [-0.25, -0.2) is 0 Å². The second-order valence-electron chi connectivity index (χ2n) is 5.41. The monoisotopic (exact) mass is 377 g/mol. The maximum atomic E-state index is 12.0. The number of nitrogens with one attached hydrogen (secondary N) is 1. The lowest BCUT2D eigenvalue weighted by Gasteiger charge is -2.10. The standard InChI is InChI=1S/C19H20ClNO3S/c1-13(22)14-7-8-18(24-2)15(11-14)12-25-10-9-19(23)21-17-6-4-3-5-16(17)20/h3-8,11H,9-10,12H2,1-2H3,(H,21,23). The second-order valence-corrected chi connectivity index (χ2v) is 6.93. The zero-order chi connectivity index (χ0) is 18.2. The van der Waals surface area contributed by atoms with Crippen LogP contribution in [0.25, 0.3) is 0 Å². The van der Waals surface area contributed by atoms with Crippen molar-refractivity contribution in [3.63, 3.8) is 0 Å². The van der Waals surface area contributed by atoms with Crippen molar-refractivity contribution in [3.05, 3.63) is 58.6 Å². The predicted molar refractivity (Wildman–Crippen MR) is 104 cm³/mol. The Bertz CT molecular complexity index is 764. The van der Waals surface area contributed by atoms with E-state index in [0.717, 1.165) is 11.3 Å². The number of carbonyl (C=O) groups is 2. The number of thioether (sulfide) groups is 1. The highest BCUT2D eigenvalue weighted by molar-refractivity contribution is 7.98. The van der Waals surface area contributed by atoms with Crippen molar-refractivity contribution in [1.82, 2.24) is 0 Å². The van der Waals surface area contributed by atoms with Crippen LogP contribution in [-0.2, 0) is 10.5 Å². The molecule has 25 heavy (non-hydrogen) atoms. The highest BCUT2D eigenvalue weighted by Crippen LogP contribution is 2.25. The third-order valence-electron chi connectivity index (χ3n) is 3.57. The summed E-state index contributed by atoms with van der Waals surface area (Å²) < 4.78 is 5.33. The Morgan fingerprint density at radius 1 is 1.20 bits per heavy atom. The van der Waals surface area contributed by atoms with E-state index in [1.54, 1.807) is 43.1 Å². The highest BCUT2D eigenvalue weighted by Gasteiger charge is 2.09. The van der Waals surface area contributed by atoms with Gasteiger partial charge in [0, 0.05) is 29.1 Å². The first-order valence-corrected chi connectivity index (χ1v) is 9.34. The summed E-state index contributed by atoms with van der Waals surface area (Å²) in [6.07, 6.45) is 0.380. The molecule has 1 amide bonds. The number of amides is 1. The summed E-state index contributed by atoms with van der Waals surface area (Å²) in [5.41, 5.74) is 2.23. The van der Waals surface area contributed by atoms with E-state index in [0.29, 0.717) is 34.2 Å². The average Bonchev–Trinajstić information content (AvgIpc) is 2.60. The van der Waals surface area contributed by atoms with Gasteiger partial charge in [-0.05, 0) is 37.3 Å². The maximum absolute atomic E-state index is 12.0. The van der Waals surface area contributed by atoms with Gasteiger partial charge in [0.2, 0.25) is 5.91 Å². The Labute approximate surface area is 156 Å². The summed E-state index contributed by atoms with van der Waals surface area (Å²) in [6, 6.07) is 12.5. The number of Topliss-reactive ketones (excluding diaryl/α,β-unsaturated/α-hetero) is 1. The van der Waals surface area contributed by atoms with Crippen LogP contribution >= 0.6 is 23.4 Å². The van der Waals surface area contributed by atoms with Crippen molar-refractivity contribution < 1.29 is 14.3 Å². The van der Waals surface area contributed by atoms with E-state index in [1.165, 1.54) is 6.92 Å². The summed E-state index contributed by atoms with van der Waals surface area (Å²) in [5, 5.41) is 3.32. The third-order valence-corrected chi connectivity index (χ3v) is 4.90. The topological polar surface area (TPSA) is 55.4 Å². The number of carbonyl (C=O) groups excluding carboxylic acids is 2. The van der Waals surface area contributed by atoms with Crippen LogP contribution < -0.4 is 10.1 Å². The zero-order valence-electron chi connectivity index (χ0n) is 14.2. The number of ether oxygens (including phenoxy) is 1. The van der Waals surface area contributed by atoms with Gasteiger partial charge >= 0.3 is 0 Å². The molecule has 0 unspecified atom stereocenters. The number of methoxy groups -OCH3 is 1. The van der Waals surface area contributed by atoms with Gasteiger partial charge < -0.3 is 10.1 Å². The second kappa shape index (κ2) is 9.49. The minimum absolute atomic E-state index is 0.0213. The molecule has 0 spiro atoms. The molecule has 2 rings (SSSR count). The number of benzene rings is 2. The van der Waals surface area contributed by atoms with Crippen LogP contribution in [0.3, 0.4) is 0 Å². The van der Waals surface area contributed by atoms with Crippen molar-refractivity contribution in [2.24, 2.45) is 0 Å². The lowest BCUT2D eigenvalue weighted by atomic mass is 10.1. The minimum Gasteiger partial charge on any atom is -0.496 e. The van der Waals surface area contributed by atoms with E-state index in [2.05, 4.69) is 5.32 Å². The normalized spacial score (nSPS) is 10.4. The third kappa shape index (κ3) is 5.80. The largest absolute Gasteiger partial charge is 0.496 e. The number of hydrogen-bond donors (Lipinski definition) is 1. The molecule has 6 heteroatoms. The molecule has 0 atom stereocenters. The molecule has 0 fully saturated rings.